The van der Waals surface area contributed by atoms with Gasteiger partial charge in [0.1, 0.15) is 17.2 Å². The van der Waals surface area contributed by atoms with E-state index in [9.17, 15) is 9.18 Å². The van der Waals surface area contributed by atoms with Gasteiger partial charge in [0.15, 0.2) is 5.65 Å². The Kier molecular flexibility index (Phi) is 5.50. The minimum absolute atomic E-state index is 0.244. The van der Waals surface area contributed by atoms with Crippen molar-refractivity contribution in [2.24, 2.45) is 0 Å². The second-order valence-corrected chi connectivity index (χ2v) is 7.17. The highest BCUT2D eigenvalue weighted by molar-refractivity contribution is 5.74. The molecule has 2 amide bonds. The van der Waals surface area contributed by atoms with E-state index >= 15 is 0 Å². The van der Waals surface area contributed by atoms with Gasteiger partial charge in [-0.05, 0) is 42.7 Å². The molecule has 0 aliphatic heterocycles. The van der Waals surface area contributed by atoms with Gasteiger partial charge in [-0.15, -0.1) is 0 Å². The first-order valence-electron chi connectivity index (χ1n) is 9.78. The molecule has 28 heavy (non-hydrogen) atoms. The first-order valence-corrected chi connectivity index (χ1v) is 9.78. The van der Waals surface area contributed by atoms with Gasteiger partial charge in [-0.2, -0.15) is 0 Å². The summed E-state index contributed by atoms with van der Waals surface area (Å²) in [7, 11) is 0. The smallest absolute Gasteiger partial charge is 0.315 e. The van der Waals surface area contributed by atoms with E-state index in [4.69, 9.17) is 4.98 Å². The Morgan fingerprint density at radius 3 is 2.71 bits per heavy atom. The molecule has 1 aliphatic rings. The van der Waals surface area contributed by atoms with Crippen LogP contribution in [0.3, 0.4) is 0 Å². The van der Waals surface area contributed by atoms with Crippen LogP contribution in [0, 0.1) is 5.82 Å². The minimum atomic E-state index is -0.284. The topological polar surface area (TPSA) is 71.8 Å². The van der Waals surface area contributed by atoms with Crippen LogP contribution in [0.1, 0.15) is 43.1 Å². The molecule has 6 nitrogen and oxygen atoms in total. The van der Waals surface area contributed by atoms with E-state index in [0.717, 1.165) is 35.4 Å². The maximum Gasteiger partial charge on any atom is 0.315 e. The number of fused-ring (bicyclic) bond motifs is 1. The SMILES string of the molecule is O=C(NCCc1nc2cccnc2n1C1CCCC1)NCc1ccc(F)cc1. The van der Waals surface area contributed by atoms with Gasteiger partial charge < -0.3 is 15.2 Å². The molecule has 0 radical (unpaired) electrons. The van der Waals surface area contributed by atoms with Crippen LogP contribution >= 0.6 is 0 Å². The van der Waals surface area contributed by atoms with Gasteiger partial charge in [-0.25, -0.2) is 19.2 Å². The molecule has 2 N–H and O–H groups in total. The third-order valence-corrected chi connectivity index (χ3v) is 5.21. The molecule has 2 heterocycles. The molecular formula is C21H24FN5O. The molecule has 7 heteroatoms. The first kappa shape index (κ1) is 18.4. The molecule has 3 aromatic rings. The molecule has 0 unspecified atom stereocenters. The Morgan fingerprint density at radius 1 is 1.14 bits per heavy atom. The number of carbonyl (C=O) groups is 1. The molecule has 0 atom stereocenters. The van der Waals surface area contributed by atoms with Crippen LogP contribution in [-0.2, 0) is 13.0 Å². The Balaban J connectivity index is 1.35. The summed E-state index contributed by atoms with van der Waals surface area (Å²) in [6.07, 6.45) is 7.24. The van der Waals surface area contributed by atoms with Crippen molar-refractivity contribution >= 4 is 17.2 Å². The number of imidazole rings is 1. The summed E-state index contributed by atoms with van der Waals surface area (Å²) in [5.74, 6) is 0.687. The molecule has 0 bridgehead atoms. The zero-order chi connectivity index (χ0) is 19.3. The fraction of sp³-hybridized carbons (Fsp3) is 0.381. The van der Waals surface area contributed by atoms with Gasteiger partial charge >= 0.3 is 6.03 Å². The first-order chi connectivity index (χ1) is 13.7. The Morgan fingerprint density at radius 2 is 1.93 bits per heavy atom. The van der Waals surface area contributed by atoms with E-state index in [0.29, 0.717) is 25.6 Å². The van der Waals surface area contributed by atoms with Gasteiger partial charge in [0.05, 0.1) is 0 Å². The number of nitrogens with one attached hydrogen (secondary N) is 2. The van der Waals surface area contributed by atoms with Crippen molar-refractivity contribution in [3.63, 3.8) is 0 Å². The number of aromatic nitrogens is 3. The van der Waals surface area contributed by atoms with Gasteiger partial charge in [-0.3, -0.25) is 0 Å². The zero-order valence-electron chi connectivity index (χ0n) is 15.7. The van der Waals surface area contributed by atoms with Crippen LogP contribution in [-0.4, -0.2) is 27.1 Å². The lowest BCUT2D eigenvalue weighted by Crippen LogP contribution is -2.36. The van der Waals surface area contributed by atoms with E-state index in [1.807, 2.05) is 12.1 Å². The monoisotopic (exact) mass is 381 g/mol. The van der Waals surface area contributed by atoms with Gasteiger partial charge in [0.25, 0.3) is 0 Å². The third kappa shape index (κ3) is 4.13. The summed E-state index contributed by atoms with van der Waals surface area (Å²) in [4.78, 5) is 21.3. The number of hydrogen-bond acceptors (Lipinski definition) is 3. The van der Waals surface area contributed by atoms with Crippen LogP contribution in [0.5, 0.6) is 0 Å². The van der Waals surface area contributed by atoms with Crippen LogP contribution in [0.2, 0.25) is 0 Å². The second kappa shape index (κ2) is 8.37. The molecule has 1 fully saturated rings. The van der Waals surface area contributed by atoms with Crippen molar-refractivity contribution < 1.29 is 9.18 Å². The molecular weight excluding hydrogens is 357 g/mol. The number of nitrogens with zero attached hydrogens (tertiary/aromatic N) is 3. The maximum atomic E-state index is 12.9. The summed E-state index contributed by atoms with van der Waals surface area (Å²) in [6.45, 7) is 0.849. The molecule has 1 saturated carbocycles. The van der Waals surface area contributed by atoms with Gasteiger partial charge in [-0.1, -0.05) is 25.0 Å². The number of rotatable bonds is 6. The van der Waals surface area contributed by atoms with Crippen LogP contribution in [0.4, 0.5) is 9.18 Å². The molecule has 2 aromatic heterocycles. The standard InChI is InChI=1S/C21H24FN5O/c22-16-9-7-15(8-10-16)14-25-21(28)24-13-11-19-26-18-6-3-12-23-20(18)27(19)17-4-1-2-5-17/h3,6-10,12,17H,1-2,4-5,11,13-14H2,(H2,24,25,28). The number of urea groups is 1. The summed E-state index contributed by atoms with van der Waals surface area (Å²) in [6, 6.07) is 10.2. The number of pyridine rings is 1. The molecule has 4 rings (SSSR count). The highest BCUT2D eigenvalue weighted by Crippen LogP contribution is 2.33. The fourth-order valence-corrected chi connectivity index (χ4v) is 3.83. The largest absolute Gasteiger partial charge is 0.338 e. The van der Waals surface area contributed by atoms with Crippen molar-refractivity contribution in [2.75, 3.05) is 6.54 Å². The number of benzene rings is 1. The molecule has 1 aliphatic carbocycles. The Hall–Kier alpha value is -2.96. The summed E-state index contributed by atoms with van der Waals surface area (Å²) in [5.41, 5.74) is 2.70. The van der Waals surface area contributed by atoms with Gasteiger partial charge in [0, 0.05) is 31.7 Å². The minimum Gasteiger partial charge on any atom is -0.338 e. The van der Waals surface area contributed by atoms with Crippen LogP contribution in [0.15, 0.2) is 42.6 Å². The zero-order valence-corrected chi connectivity index (χ0v) is 15.7. The Labute approximate surface area is 163 Å². The normalized spacial score (nSPS) is 14.5. The lowest BCUT2D eigenvalue weighted by atomic mass is 10.2. The van der Waals surface area contributed by atoms with E-state index in [2.05, 4.69) is 20.2 Å². The third-order valence-electron chi connectivity index (χ3n) is 5.21. The lowest BCUT2D eigenvalue weighted by Gasteiger charge is -2.16. The van der Waals surface area contributed by atoms with Crippen LogP contribution in [0.25, 0.3) is 11.2 Å². The van der Waals surface area contributed by atoms with Gasteiger partial charge in [0.2, 0.25) is 0 Å². The number of halogens is 1. The van der Waals surface area contributed by atoms with E-state index in [-0.39, 0.29) is 11.8 Å². The average molecular weight is 381 g/mol. The molecule has 146 valence electrons. The van der Waals surface area contributed by atoms with E-state index < -0.39 is 0 Å². The summed E-state index contributed by atoms with van der Waals surface area (Å²) < 4.78 is 15.2. The number of amides is 2. The molecule has 0 saturated heterocycles. The van der Waals surface area contributed by atoms with E-state index in [1.165, 1.54) is 25.0 Å². The van der Waals surface area contributed by atoms with Crippen molar-refractivity contribution in [2.45, 2.75) is 44.7 Å². The molecule has 0 spiro atoms. The highest BCUT2D eigenvalue weighted by Gasteiger charge is 2.23. The van der Waals surface area contributed by atoms with Crippen molar-refractivity contribution in [1.29, 1.82) is 0 Å². The van der Waals surface area contributed by atoms with E-state index in [1.54, 1.807) is 18.3 Å². The highest BCUT2D eigenvalue weighted by atomic mass is 19.1. The fourth-order valence-electron chi connectivity index (χ4n) is 3.83. The Bertz CT molecular complexity index is 947. The molecule has 1 aromatic carbocycles. The van der Waals surface area contributed by atoms with Crippen molar-refractivity contribution in [3.8, 4) is 0 Å². The van der Waals surface area contributed by atoms with Crippen molar-refractivity contribution in [3.05, 3.63) is 59.8 Å². The predicted octanol–water partition coefficient (Wildman–Crippen LogP) is 3.73. The van der Waals surface area contributed by atoms with Crippen LogP contribution < -0.4 is 10.6 Å². The quantitative estimate of drug-likeness (QED) is 0.683. The summed E-state index contributed by atoms with van der Waals surface area (Å²) in [5, 5.41) is 5.67. The second-order valence-electron chi connectivity index (χ2n) is 7.17. The summed E-state index contributed by atoms with van der Waals surface area (Å²) >= 11 is 0. The maximum absolute atomic E-state index is 12.9. The number of hydrogen-bond donors (Lipinski definition) is 2. The number of carbonyl (C=O) groups excluding carboxylic acids is 1. The lowest BCUT2D eigenvalue weighted by molar-refractivity contribution is 0.240. The van der Waals surface area contributed by atoms with Crippen molar-refractivity contribution in [1.82, 2.24) is 25.2 Å². The predicted molar refractivity (Wildman–Crippen MR) is 105 cm³/mol. The average Bonchev–Trinajstić information content (AvgIpc) is 3.34.